The number of nitrogens with one attached hydrogen (secondary N) is 1. The number of halogens is 1. The van der Waals surface area contributed by atoms with Crippen LogP contribution in [0, 0.1) is 5.92 Å². The number of hydrogen-bond donors (Lipinski definition) is 2. The molecule has 164 valence electrons. The Bertz CT molecular complexity index is 835. The number of carbonyl (C=O) groups excluding carboxylic acids is 2. The normalized spacial score (nSPS) is 19.0. The van der Waals surface area contributed by atoms with Crippen molar-refractivity contribution in [1.82, 2.24) is 5.32 Å². The smallest absolute Gasteiger partial charge is 0.336 e. The van der Waals surface area contributed by atoms with Crippen molar-refractivity contribution in [2.75, 3.05) is 26.4 Å². The molecule has 0 radical (unpaired) electrons. The standard InChI is InChI=1S/C22H30ClN3O4/c1-5-30-22(28)20-17(12-29-11-10-24)26-14(4)18(21(27)25-13(2)3)19(20)15-8-6-7-9-16(15)23/h6-9,13,18-19H,5,10-12,24H2,1-4H3,(H,25,27). The first-order valence-corrected chi connectivity index (χ1v) is 10.5. The number of ether oxygens (including phenoxy) is 2. The van der Waals surface area contributed by atoms with Gasteiger partial charge in [0.05, 0.1) is 37.0 Å². The first-order chi connectivity index (χ1) is 14.3. The van der Waals surface area contributed by atoms with Gasteiger partial charge in [-0.1, -0.05) is 29.8 Å². The van der Waals surface area contributed by atoms with Crippen molar-refractivity contribution in [3.8, 4) is 0 Å². The molecule has 0 aromatic heterocycles. The van der Waals surface area contributed by atoms with E-state index in [0.717, 1.165) is 0 Å². The maximum absolute atomic E-state index is 13.1. The molecule has 2 rings (SSSR count). The minimum Gasteiger partial charge on any atom is -0.463 e. The summed E-state index contributed by atoms with van der Waals surface area (Å²) in [5.41, 5.74) is 7.48. The van der Waals surface area contributed by atoms with Crippen LogP contribution in [0.3, 0.4) is 0 Å². The summed E-state index contributed by atoms with van der Waals surface area (Å²) in [6, 6.07) is 7.12. The second kappa shape index (κ2) is 11.2. The molecule has 0 aliphatic carbocycles. The van der Waals surface area contributed by atoms with Crippen LogP contribution in [0.25, 0.3) is 0 Å². The lowest BCUT2D eigenvalue weighted by Crippen LogP contribution is -2.44. The van der Waals surface area contributed by atoms with E-state index in [1.807, 2.05) is 26.0 Å². The third-order valence-electron chi connectivity index (χ3n) is 4.67. The Morgan fingerprint density at radius 2 is 2.00 bits per heavy atom. The minimum atomic E-state index is -0.704. The number of carbonyl (C=O) groups is 2. The Labute approximate surface area is 182 Å². The van der Waals surface area contributed by atoms with Gasteiger partial charge in [0, 0.05) is 29.2 Å². The summed E-state index contributed by atoms with van der Waals surface area (Å²) in [7, 11) is 0. The van der Waals surface area contributed by atoms with Crippen LogP contribution in [0.1, 0.15) is 39.2 Å². The highest BCUT2D eigenvalue weighted by Gasteiger charge is 2.43. The second-order valence-corrected chi connectivity index (χ2v) is 7.72. The van der Waals surface area contributed by atoms with Crippen molar-refractivity contribution in [1.29, 1.82) is 0 Å². The number of amides is 1. The predicted octanol–water partition coefficient (Wildman–Crippen LogP) is 2.83. The Morgan fingerprint density at radius 1 is 1.30 bits per heavy atom. The number of nitrogens with two attached hydrogens (primary N) is 1. The summed E-state index contributed by atoms with van der Waals surface area (Å²) in [6.07, 6.45) is 0. The van der Waals surface area contributed by atoms with Gasteiger partial charge in [0.1, 0.15) is 0 Å². The lowest BCUT2D eigenvalue weighted by molar-refractivity contribution is -0.139. The highest BCUT2D eigenvalue weighted by Crippen LogP contribution is 2.42. The van der Waals surface area contributed by atoms with Crippen LogP contribution in [-0.2, 0) is 19.1 Å². The van der Waals surface area contributed by atoms with E-state index in [0.29, 0.717) is 35.1 Å². The molecule has 1 aliphatic rings. The summed E-state index contributed by atoms with van der Waals surface area (Å²) in [4.78, 5) is 30.8. The molecule has 1 heterocycles. The number of nitrogens with zero attached hydrogens (tertiary/aromatic N) is 1. The monoisotopic (exact) mass is 435 g/mol. The molecule has 1 amide bonds. The zero-order chi connectivity index (χ0) is 22.3. The van der Waals surface area contributed by atoms with Crippen molar-refractivity contribution in [3.63, 3.8) is 0 Å². The zero-order valence-electron chi connectivity index (χ0n) is 17.9. The summed E-state index contributed by atoms with van der Waals surface area (Å²) in [6.45, 7) is 8.22. The summed E-state index contributed by atoms with van der Waals surface area (Å²) < 4.78 is 10.9. The lowest BCUT2D eigenvalue weighted by Gasteiger charge is -2.33. The highest BCUT2D eigenvalue weighted by molar-refractivity contribution is 6.31. The SMILES string of the molecule is CCOC(=O)C1=C(COCCN)N=C(C)C(C(=O)NC(C)C)C1c1ccccc1Cl. The van der Waals surface area contributed by atoms with E-state index in [4.69, 9.17) is 26.8 Å². The average molecular weight is 436 g/mol. The van der Waals surface area contributed by atoms with Crippen molar-refractivity contribution < 1.29 is 19.1 Å². The molecule has 0 saturated carbocycles. The third kappa shape index (κ3) is 5.68. The van der Waals surface area contributed by atoms with Crippen LogP contribution in [0.5, 0.6) is 0 Å². The van der Waals surface area contributed by atoms with Gasteiger partial charge in [-0.15, -0.1) is 0 Å². The van der Waals surface area contributed by atoms with Crippen molar-refractivity contribution in [3.05, 3.63) is 46.1 Å². The van der Waals surface area contributed by atoms with E-state index in [-0.39, 0.29) is 30.7 Å². The van der Waals surface area contributed by atoms with Gasteiger partial charge in [-0.3, -0.25) is 9.79 Å². The molecular weight excluding hydrogens is 406 g/mol. The molecule has 0 bridgehead atoms. The van der Waals surface area contributed by atoms with E-state index in [2.05, 4.69) is 10.3 Å². The Hall–Kier alpha value is -2.22. The van der Waals surface area contributed by atoms with Crippen molar-refractivity contribution in [2.45, 2.75) is 39.7 Å². The van der Waals surface area contributed by atoms with Crippen LogP contribution in [0.15, 0.2) is 40.5 Å². The lowest BCUT2D eigenvalue weighted by atomic mass is 9.75. The molecule has 2 unspecified atom stereocenters. The zero-order valence-corrected chi connectivity index (χ0v) is 18.7. The molecule has 0 fully saturated rings. The van der Waals surface area contributed by atoms with Crippen LogP contribution in [0.4, 0.5) is 0 Å². The largest absolute Gasteiger partial charge is 0.463 e. The maximum Gasteiger partial charge on any atom is 0.336 e. The molecule has 8 heteroatoms. The molecule has 1 aromatic carbocycles. The van der Waals surface area contributed by atoms with E-state index in [1.165, 1.54) is 0 Å². The highest BCUT2D eigenvalue weighted by atomic mass is 35.5. The molecule has 1 aromatic rings. The summed E-state index contributed by atoms with van der Waals surface area (Å²) in [5, 5.41) is 3.40. The van der Waals surface area contributed by atoms with E-state index < -0.39 is 17.8 Å². The van der Waals surface area contributed by atoms with E-state index in [1.54, 1.807) is 26.0 Å². The molecule has 2 atom stereocenters. The fraction of sp³-hybridized carbons (Fsp3) is 0.500. The Morgan fingerprint density at radius 3 is 2.60 bits per heavy atom. The van der Waals surface area contributed by atoms with Crippen molar-refractivity contribution in [2.24, 2.45) is 16.6 Å². The van der Waals surface area contributed by atoms with Gasteiger partial charge >= 0.3 is 5.97 Å². The van der Waals surface area contributed by atoms with Crippen LogP contribution < -0.4 is 11.1 Å². The van der Waals surface area contributed by atoms with Gasteiger partial charge in [0.2, 0.25) is 5.91 Å². The maximum atomic E-state index is 13.1. The number of aliphatic imine (C=N–C) groups is 1. The fourth-order valence-electron chi connectivity index (χ4n) is 3.52. The van der Waals surface area contributed by atoms with E-state index in [9.17, 15) is 9.59 Å². The number of esters is 1. The molecule has 0 saturated heterocycles. The van der Waals surface area contributed by atoms with Crippen LogP contribution >= 0.6 is 11.6 Å². The summed E-state index contributed by atoms with van der Waals surface area (Å²) >= 11 is 6.51. The number of hydrogen-bond acceptors (Lipinski definition) is 6. The van der Waals surface area contributed by atoms with Gasteiger partial charge in [0.25, 0.3) is 0 Å². The van der Waals surface area contributed by atoms with Crippen molar-refractivity contribution >= 4 is 29.2 Å². The minimum absolute atomic E-state index is 0.0681. The van der Waals surface area contributed by atoms with Crippen LogP contribution in [0.2, 0.25) is 5.02 Å². The molecular formula is C22H30ClN3O4. The molecule has 1 aliphatic heterocycles. The predicted molar refractivity (Wildman–Crippen MR) is 118 cm³/mol. The van der Waals surface area contributed by atoms with Gasteiger partial charge in [-0.05, 0) is 39.3 Å². The van der Waals surface area contributed by atoms with Gasteiger partial charge in [-0.25, -0.2) is 4.79 Å². The Kier molecular flexibility index (Phi) is 9.02. The van der Waals surface area contributed by atoms with Gasteiger partial charge in [0.15, 0.2) is 0 Å². The molecule has 3 N–H and O–H groups in total. The van der Waals surface area contributed by atoms with Gasteiger partial charge < -0.3 is 20.5 Å². The number of rotatable bonds is 9. The fourth-order valence-corrected chi connectivity index (χ4v) is 3.78. The quantitative estimate of drug-likeness (QED) is 0.458. The topological polar surface area (TPSA) is 103 Å². The third-order valence-corrected chi connectivity index (χ3v) is 5.01. The van der Waals surface area contributed by atoms with Crippen LogP contribution in [-0.4, -0.2) is 50.0 Å². The molecule has 30 heavy (non-hydrogen) atoms. The Balaban J connectivity index is 2.67. The van der Waals surface area contributed by atoms with Gasteiger partial charge in [-0.2, -0.15) is 0 Å². The van der Waals surface area contributed by atoms with E-state index >= 15 is 0 Å². The molecule has 0 spiro atoms. The summed E-state index contributed by atoms with van der Waals surface area (Å²) in [5.74, 6) is -2.11. The number of benzene rings is 1. The first kappa shape index (κ1) is 24.1. The first-order valence-electron chi connectivity index (χ1n) is 10.1. The second-order valence-electron chi connectivity index (χ2n) is 7.32. The molecule has 7 nitrogen and oxygen atoms in total. The average Bonchev–Trinajstić information content (AvgIpc) is 2.67.